The summed E-state index contributed by atoms with van der Waals surface area (Å²) in [5.41, 5.74) is 0.0525. The standard InChI is InChI=1S/C10H11NO5/c1-5(12)6-3-2-4-7(11-6)8(13)9(14)10(15)16/h2-4,8-9,13-14H,1H3,(H,15,16). The van der Waals surface area contributed by atoms with Crippen LogP contribution >= 0.6 is 0 Å². The third-order valence-corrected chi connectivity index (χ3v) is 1.99. The summed E-state index contributed by atoms with van der Waals surface area (Å²) in [7, 11) is 0. The van der Waals surface area contributed by atoms with Crippen LogP contribution in [0.2, 0.25) is 0 Å². The summed E-state index contributed by atoms with van der Waals surface area (Å²) < 4.78 is 0. The van der Waals surface area contributed by atoms with Crippen molar-refractivity contribution >= 4 is 11.8 Å². The Labute approximate surface area is 91.2 Å². The Morgan fingerprint density at radius 1 is 1.31 bits per heavy atom. The van der Waals surface area contributed by atoms with Gasteiger partial charge < -0.3 is 15.3 Å². The normalized spacial score (nSPS) is 14.2. The SMILES string of the molecule is CC(=O)c1cccc(C(O)C(O)C(=O)O)n1. The maximum atomic E-state index is 11.0. The monoisotopic (exact) mass is 225 g/mol. The fourth-order valence-corrected chi connectivity index (χ4v) is 1.11. The maximum Gasteiger partial charge on any atom is 0.335 e. The molecular formula is C10H11NO5. The molecule has 0 saturated carbocycles. The third kappa shape index (κ3) is 2.62. The first-order valence-corrected chi connectivity index (χ1v) is 4.50. The van der Waals surface area contributed by atoms with Crippen molar-refractivity contribution in [1.82, 2.24) is 4.98 Å². The number of carboxylic acids is 1. The van der Waals surface area contributed by atoms with E-state index in [0.717, 1.165) is 0 Å². The van der Waals surface area contributed by atoms with Crippen LogP contribution < -0.4 is 0 Å². The molecule has 1 aromatic heterocycles. The van der Waals surface area contributed by atoms with Crippen molar-refractivity contribution in [3.8, 4) is 0 Å². The number of Topliss-reactive ketones (excluding diaryl/α,β-unsaturated/α-hetero) is 1. The van der Waals surface area contributed by atoms with Crippen LogP contribution in [0.1, 0.15) is 29.2 Å². The summed E-state index contributed by atoms with van der Waals surface area (Å²) in [5.74, 6) is -1.86. The van der Waals surface area contributed by atoms with E-state index in [1.54, 1.807) is 0 Å². The topological polar surface area (TPSA) is 108 Å². The highest BCUT2D eigenvalue weighted by Crippen LogP contribution is 2.15. The summed E-state index contributed by atoms with van der Waals surface area (Å²) in [6.07, 6.45) is -3.62. The van der Waals surface area contributed by atoms with Crippen molar-refractivity contribution in [3.63, 3.8) is 0 Å². The van der Waals surface area contributed by atoms with Crippen molar-refractivity contribution in [2.24, 2.45) is 0 Å². The van der Waals surface area contributed by atoms with E-state index in [-0.39, 0.29) is 17.2 Å². The predicted molar refractivity (Wildman–Crippen MR) is 52.8 cm³/mol. The molecule has 0 aliphatic carbocycles. The fraction of sp³-hybridized carbons (Fsp3) is 0.300. The summed E-state index contributed by atoms with van der Waals surface area (Å²) in [4.78, 5) is 25.2. The lowest BCUT2D eigenvalue weighted by atomic mass is 10.1. The fourth-order valence-electron chi connectivity index (χ4n) is 1.11. The van der Waals surface area contributed by atoms with Gasteiger partial charge in [0.05, 0.1) is 5.69 Å². The molecule has 86 valence electrons. The van der Waals surface area contributed by atoms with Crippen LogP contribution in [0.25, 0.3) is 0 Å². The average molecular weight is 225 g/mol. The number of rotatable bonds is 4. The first kappa shape index (κ1) is 12.3. The summed E-state index contributed by atoms with van der Waals surface area (Å²) in [5, 5.41) is 27.1. The van der Waals surface area contributed by atoms with Crippen molar-refractivity contribution in [2.75, 3.05) is 0 Å². The Hall–Kier alpha value is -1.79. The Balaban J connectivity index is 3.00. The highest BCUT2D eigenvalue weighted by molar-refractivity contribution is 5.92. The number of pyridine rings is 1. The van der Waals surface area contributed by atoms with Crippen LogP contribution in [0.4, 0.5) is 0 Å². The van der Waals surface area contributed by atoms with Crippen LogP contribution in [0, 0.1) is 0 Å². The number of aromatic nitrogens is 1. The molecule has 0 bridgehead atoms. The molecule has 2 unspecified atom stereocenters. The summed E-state index contributed by atoms with van der Waals surface area (Å²) in [6.45, 7) is 1.30. The quantitative estimate of drug-likeness (QED) is 0.610. The summed E-state index contributed by atoms with van der Waals surface area (Å²) in [6, 6.07) is 4.23. The van der Waals surface area contributed by atoms with Gasteiger partial charge in [-0.2, -0.15) is 0 Å². The molecule has 3 N–H and O–H groups in total. The van der Waals surface area contributed by atoms with Crippen LogP contribution in [0.5, 0.6) is 0 Å². The van der Waals surface area contributed by atoms with E-state index in [1.807, 2.05) is 0 Å². The molecule has 0 radical (unpaired) electrons. The minimum atomic E-state index is -1.96. The van der Waals surface area contributed by atoms with E-state index in [0.29, 0.717) is 0 Å². The van der Waals surface area contributed by atoms with Gasteiger partial charge >= 0.3 is 5.97 Å². The number of ketones is 1. The molecule has 0 saturated heterocycles. The Morgan fingerprint density at radius 2 is 1.94 bits per heavy atom. The highest BCUT2D eigenvalue weighted by atomic mass is 16.4. The van der Waals surface area contributed by atoms with Gasteiger partial charge in [0.15, 0.2) is 11.9 Å². The van der Waals surface area contributed by atoms with E-state index in [9.17, 15) is 14.7 Å². The molecule has 1 aromatic rings. The zero-order valence-corrected chi connectivity index (χ0v) is 8.49. The van der Waals surface area contributed by atoms with Crippen molar-refractivity contribution < 1.29 is 24.9 Å². The lowest BCUT2D eigenvalue weighted by Gasteiger charge is -2.13. The lowest BCUT2D eigenvalue weighted by molar-refractivity contribution is -0.153. The number of carbonyl (C=O) groups is 2. The van der Waals surface area contributed by atoms with Crippen LogP contribution in [0.15, 0.2) is 18.2 Å². The Morgan fingerprint density at radius 3 is 2.44 bits per heavy atom. The second-order valence-corrected chi connectivity index (χ2v) is 3.23. The molecule has 0 spiro atoms. The van der Waals surface area contributed by atoms with E-state index in [1.165, 1.54) is 25.1 Å². The zero-order chi connectivity index (χ0) is 12.3. The highest BCUT2D eigenvalue weighted by Gasteiger charge is 2.26. The predicted octanol–water partition coefficient (Wildman–Crippen LogP) is -0.237. The molecule has 6 heteroatoms. The average Bonchev–Trinajstić information content (AvgIpc) is 2.27. The van der Waals surface area contributed by atoms with Gasteiger partial charge in [-0.25, -0.2) is 9.78 Å². The zero-order valence-electron chi connectivity index (χ0n) is 8.49. The molecule has 6 nitrogen and oxygen atoms in total. The van der Waals surface area contributed by atoms with Crippen molar-refractivity contribution in [3.05, 3.63) is 29.6 Å². The van der Waals surface area contributed by atoms with Gasteiger partial charge in [-0.1, -0.05) is 6.07 Å². The van der Waals surface area contributed by atoms with Gasteiger partial charge in [-0.05, 0) is 12.1 Å². The molecule has 2 atom stereocenters. The molecule has 0 aliphatic heterocycles. The molecule has 16 heavy (non-hydrogen) atoms. The molecule has 1 heterocycles. The number of carboxylic acid groups (broad SMARTS) is 1. The molecule has 0 amide bonds. The van der Waals surface area contributed by atoms with E-state index < -0.39 is 18.2 Å². The number of hydrogen-bond donors (Lipinski definition) is 3. The molecular weight excluding hydrogens is 214 g/mol. The number of aliphatic carboxylic acids is 1. The minimum absolute atomic E-state index is 0.0531. The second kappa shape index (κ2) is 4.82. The number of carbonyl (C=O) groups excluding carboxylic acids is 1. The van der Waals surface area contributed by atoms with E-state index in [4.69, 9.17) is 10.2 Å². The van der Waals surface area contributed by atoms with Crippen molar-refractivity contribution in [2.45, 2.75) is 19.1 Å². The van der Waals surface area contributed by atoms with Gasteiger partial charge in [0, 0.05) is 6.92 Å². The van der Waals surface area contributed by atoms with Gasteiger partial charge in [0.25, 0.3) is 0 Å². The molecule has 0 aliphatic rings. The smallest absolute Gasteiger partial charge is 0.335 e. The molecule has 0 aromatic carbocycles. The van der Waals surface area contributed by atoms with Crippen LogP contribution in [-0.2, 0) is 4.79 Å². The Bertz CT molecular complexity index is 417. The first-order chi connectivity index (χ1) is 7.43. The van der Waals surface area contributed by atoms with Gasteiger partial charge in [-0.3, -0.25) is 4.79 Å². The maximum absolute atomic E-state index is 11.0. The number of aliphatic hydroxyl groups is 2. The van der Waals surface area contributed by atoms with Crippen LogP contribution in [0.3, 0.4) is 0 Å². The van der Waals surface area contributed by atoms with E-state index >= 15 is 0 Å². The van der Waals surface area contributed by atoms with Gasteiger partial charge in [0.2, 0.25) is 0 Å². The van der Waals surface area contributed by atoms with Gasteiger partial charge in [-0.15, -0.1) is 0 Å². The first-order valence-electron chi connectivity index (χ1n) is 4.50. The largest absolute Gasteiger partial charge is 0.479 e. The van der Waals surface area contributed by atoms with Crippen LogP contribution in [-0.4, -0.2) is 38.2 Å². The summed E-state index contributed by atoms with van der Waals surface area (Å²) >= 11 is 0. The van der Waals surface area contributed by atoms with Crippen molar-refractivity contribution in [1.29, 1.82) is 0 Å². The number of aliphatic hydroxyl groups excluding tert-OH is 2. The number of nitrogens with zero attached hydrogens (tertiary/aromatic N) is 1. The van der Waals surface area contributed by atoms with E-state index in [2.05, 4.69) is 4.98 Å². The minimum Gasteiger partial charge on any atom is -0.479 e. The second-order valence-electron chi connectivity index (χ2n) is 3.23. The number of hydrogen-bond acceptors (Lipinski definition) is 5. The third-order valence-electron chi connectivity index (χ3n) is 1.99. The Kier molecular flexibility index (Phi) is 3.70. The lowest BCUT2D eigenvalue weighted by Crippen LogP contribution is -2.28. The molecule has 0 fully saturated rings. The molecule has 1 rings (SSSR count). The van der Waals surface area contributed by atoms with Gasteiger partial charge in [0.1, 0.15) is 11.8 Å².